The van der Waals surface area contributed by atoms with Gasteiger partial charge in [-0.15, -0.1) is 0 Å². The van der Waals surface area contributed by atoms with Crippen LogP contribution in [0.15, 0.2) is 0 Å². The van der Waals surface area contributed by atoms with Crippen molar-refractivity contribution >= 4 is 5.78 Å². The number of aliphatic hydroxyl groups excluding tert-OH is 1. The van der Waals surface area contributed by atoms with Gasteiger partial charge in [0.2, 0.25) is 0 Å². The SMILES string of the molecule is CCCCCCCCC(=O)[C@H](O)CC. The zero-order valence-corrected chi connectivity index (χ0v) is 9.59. The van der Waals surface area contributed by atoms with Crippen LogP contribution in [-0.2, 0) is 4.79 Å². The molecule has 0 bridgehead atoms. The van der Waals surface area contributed by atoms with Crippen LogP contribution in [0.4, 0.5) is 0 Å². The second-order valence-electron chi connectivity index (χ2n) is 3.91. The Kier molecular flexibility index (Phi) is 8.95. The molecule has 0 unspecified atom stereocenters. The third kappa shape index (κ3) is 7.07. The summed E-state index contributed by atoms with van der Waals surface area (Å²) in [6, 6.07) is 0. The topological polar surface area (TPSA) is 37.3 Å². The summed E-state index contributed by atoms with van der Waals surface area (Å²) in [4.78, 5) is 11.2. The van der Waals surface area contributed by atoms with Crippen molar-refractivity contribution in [3.63, 3.8) is 0 Å². The van der Waals surface area contributed by atoms with E-state index in [2.05, 4.69) is 6.92 Å². The number of aliphatic hydroxyl groups is 1. The van der Waals surface area contributed by atoms with Crippen LogP contribution in [0.3, 0.4) is 0 Å². The number of carbonyl (C=O) groups excluding carboxylic acids is 1. The van der Waals surface area contributed by atoms with Gasteiger partial charge in [-0.1, -0.05) is 46.0 Å². The lowest BCUT2D eigenvalue weighted by Gasteiger charge is -2.05. The number of carbonyl (C=O) groups is 1. The molecular formula is C12H24O2. The molecule has 84 valence electrons. The molecule has 2 heteroatoms. The van der Waals surface area contributed by atoms with Crippen LogP contribution in [-0.4, -0.2) is 17.0 Å². The van der Waals surface area contributed by atoms with Crippen molar-refractivity contribution < 1.29 is 9.90 Å². The second kappa shape index (κ2) is 9.20. The first kappa shape index (κ1) is 13.6. The normalized spacial score (nSPS) is 12.8. The molecule has 0 saturated heterocycles. The van der Waals surface area contributed by atoms with Crippen LogP contribution in [0.2, 0.25) is 0 Å². The standard InChI is InChI=1S/C12H24O2/c1-3-5-6-7-8-9-10-12(14)11(13)4-2/h11,13H,3-10H2,1-2H3/t11-/m1/s1. The molecule has 1 atom stereocenters. The van der Waals surface area contributed by atoms with Crippen molar-refractivity contribution in [3.05, 3.63) is 0 Å². The van der Waals surface area contributed by atoms with Gasteiger partial charge in [-0.2, -0.15) is 0 Å². The highest BCUT2D eigenvalue weighted by atomic mass is 16.3. The maximum absolute atomic E-state index is 11.2. The number of unbranched alkanes of at least 4 members (excludes halogenated alkanes) is 5. The summed E-state index contributed by atoms with van der Waals surface area (Å²) in [5, 5.41) is 9.22. The van der Waals surface area contributed by atoms with Crippen molar-refractivity contribution in [3.8, 4) is 0 Å². The molecule has 14 heavy (non-hydrogen) atoms. The fourth-order valence-electron chi connectivity index (χ4n) is 1.47. The molecule has 0 radical (unpaired) electrons. The third-order valence-corrected chi connectivity index (χ3v) is 2.54. The summed E-state index contributed by atoms with van der Waals surface area (Å²) in [7, 11) is 0. The number of rotatable bonds is 9. The monoisotopic (exact) mass is 200 g/mol. The molecule has 2 nitrogen and oxygen atoms in total. The van der Waals surface area contributed by atoms with Gasteiger partial charge in [0.05, 0.1) is 0 Å². The lowest BCUT2D eigenvalue weighted by Crippen LogP contribution is -2.18. The van der Waals surface area contributed by atoms with Crippen LogP contribution in [0, 0.1) is 0 Å². The number of ketones is 1. The van der Waals surface area contributed by atoms with E-state index < -0.39 is 6.10 Å². The largest absolute Gasteiger partial charge is 0.385 e. The van der Waals surface area contributed by atoms with E-state index in [1.807, 2.05) is 6.92 Å². The molecular weight excluding hydrogens is 176 g/mol. The molecule has 0 aliphatic heterocycles. The van der Waals surface area contributed by atoms with Crippen molar-refractivity contribution in [1.82, 2.24) is 0 Å². The van der Waals surface area contributed by atoms with E-state index in [1.54, 1.807) is 0 Å². The van der Waals surface area contributed by atoms with Gasteiger partial charge in [0.25, 0.3) is 0 Å². The van der Waals surface area contributed by atoms with Crippen molar-refractivity contribution in [2.45, 2.75) is 71.3 Å². The minimum Gasteiger partial charge on any atom is -0.385 e. The summed E-state index contributed by atoms with van der Waals surface area (Å²) < 4.78 is 0. The van der Waals surface area contributed by atoms with Gasteiger partial charge in [-0.25, -0.2) is 0 Å². The van der Waals surface area contributed by atoms with E-state index in [1.165, 1.54) is 25.7 Å². The Morgan fingerprint density at radius 3 is 2.21 bits per heavy atom. The average molecular weight is 200 g/mol. The van der Waals surface area contributed by atoms with Crippen molar-refractivity contribution in [1.29, 1.82) is 0 Å². The Balaban J connectivity index is 3.23. The number of Topliss-reactive ketones (excluding diaryl/α,β-unsaturated/α-hetero) is 1. The lowest BCUT2D eigenvalue weighted by atomic mass is 10.0. The van der Waals surface area contributed by atoms with E-state index in [0.29, 0.717) is 12.8 Å². The number of hydrogen-bond donors (Lipinski definition) is 1. The Morgan fingerprint density at radius 2 is 1.64 bits per heavy atom. The molecule has 0 aromatic rings. The average Bonchev–Trinajstić information content (AvgIpc) is 2.21. The third-order valence-electron chi connectivity index (χ3n) is 2.54. The zero-order chi connectivity index (χ0) is 10.8. The van der Waals surface area contributed by atoms with Gasteiger partial charge >= 0.3 is 0 Å². The minimum absolute atomic E-state index is 0.0167. The molecule has 0 aliphatic carbocycles. The van der Waals surface area contributed by atoms with Gasteiger partial charge in [0.15, 0.2) is 5.78 Å². The molecule has 1 N–H and O–H groups in total. The quantitative estimate of drug-likeness (QED) is 0.581. The molecule has 0 rings (SSSR count). The van der Waals surface area contributed by atoms with E-state index in [0.717, 1.165) is 12.8 Å². The molecule has 0 saturated carbocycles. The molecule has 0 aromatic heterocycles. The molecule has 0 heterocycles. The molecule has 0 aromatic carbocycles. The van der Waals surface area contributed by atoms with E-state index >= 15 is 0 Å². The highest BCUT2D eigenvalue weighted by molar-refractivity contribution is 5.82. The van der Waals surface area contributed by atoms with E-state index in [9.17, 15) is 9.90 Å². The van der Waals surface area contributed by atoms with Crippen molar-refractivity contribution in [2.24, 2.45) is 0 Å². The maximum atomic E-state index is 11.2. The van der Waals surface area contributed by atoms with Crippen LogP contribution >= 0.6 is 0 Å². The predicted molar refractivity (Wildman–Crippen MR) is 59.3 cm³/mol. The summed E-state index contributed by atoms with van der Waals surface area (Å²) in [5.41, 5.74) is 0. The number of hydrogen-bond acceptors (Lipinski definition) is 2. The smallest absolute Gasteiger partial charge is 0.161 e. The maximum Gasteiger partial charge on any atom is 0.161 e. The fourth-order valence-corrected chi connectivity index (χ4v) is 1.47. The predicted octanol–water partition coefficient (Wildman–Crippen LogP) is 3.08. The highest BCUT2D eigenvalue weighted by Gasteiger charge is 2.10. The highest BCUT2D eigenvalue weighted by Crippen LogP contribution is 2.08. The molecule has 0 amide bonds. The Morgan fingerprint density at radius 1 is 1.07 bits per heavy atom. The van der Waals surface area contributed by atoms with E-state index in [4.69, 9.17) is 0 Å². The second-order valence-corrected chi connectivity index (χ2v) is 3.91. The summed E-state index contributed by atoms with van der Waals surface area (Å²) >= 11 is 0. The van der Waals surface area contributed by atoms with Gasteiger partial charge < -0.3 is 5.11 Å². The van der Waals surface area contributed by atoms with Crippen LogP contribution in [0.5, 0.6) is 0 Å². The first-order chi connectivity index (χ1) is 6.72. The Labute approximate surface area is 87.7 Å². The van der Waals surface area contributed by atoms with Crippen LogP contribution < -0.4 is 0 Å². The first-order valence-electron chi connectivity index (χ1n) is 5.93. The van der Waals surface area contributed by atoms with E-state index in [-0.39, 0.29) is 5.78 Å². The van der Waals surface area contributed by atoms with Gasteiger partial charge in [0, 0.05) is 6.42 Å². The Bertz CT molecular complexity index is 143. The summed E-state index contributed by atoms with van der Waals surface area (Å²) in [6.45, 7) is 4.03. The van der Waals surface area contributed by atoms with Crippen LogP contribution in [0.1, 0.15) is 65.2 Å². The summed E-state index contributed by atoms with van der Waals surface area (Å²) in [6.07, 6.45) is 7.52. The lowest BCUT2D eigenvalue weighted by molar-refractivity contribution is -0.127. The zero-order valence-electron chi connectivity index (χ0n) is 9.59. The molecule has 0 spiro atoms. The minimum atomic E-state index is -0.717. The fraction of sp³-hybridized carbons (Fsp3) is 0.917. The first-order valence-corrected chi connectivity index (χ1v) is 5.93. The van der Waals surface area contributed by atoms with Gasteiger partial charge in [-0.3, -0.25) is 4.79 Å². The van der Waals surface area contributed by atoms with Gasteiger partial charge in [-0.05, 0) is 12.8 Å². The van der Waals surface area contributed by atoms with Crippen molar-refractivity contribution in [2.75, 3.05) is 0 Å². The van der Waals surface area contributed by atoms with Gasteiger partial charge in [0.1, 0.15) is 6.10 Å². The van der Waals surface area contributed by atoms with Crippen LogP contribution in [0.25, 0.3) is 0 Å². The Hall–Kier alpha value is -0.370. The molecule has 0 fully saturated rings. The molecule has 0 aliphatic rings. The summed E-state index contributed by atoms with van der Waals surface area (Å²) in [5.74, 6) is 0.0167.